The Labute approximate surface area is 180 Å². The summed E-state index contributed by atoms with van der Waals surface area (Å²) >= 11 is 0. The van der Waals surface area contributed by atoms with E-state index in [0.717, 1.165) is 25.9 Å². The van der Waals surface area contributed by atoms with E-state index in [2.05, 4.69) is 5.32 Å². The Bertz CT molecular complexity index is 1000. The van der Waals surface area contributed by atoms with Gasteiger partial charge in [-0.15, -0.1) is 0 Å². The van der Waals surface area contributed by atoms with E-state index in [1.165, 1.54) is 4.90 Å². The van der Waals surface area contributed by atoms with Gasteiger partial charge in [-0.3, -0.25) is 19.3 Å². The molecule has 1 N–H and O–H groups in total. The minimum absolute atomic E-state index is 0.0756. The second-order valence-corrected chi connectivity index (χ2v) is 7.43. The van der Waals surface area contributed by atoms with Crippen LogP contribution in [0, 0.1) is 0 Å². The fourth-order valence-corrected chi connectivity index (χ4v) is 3.80. The molecule has 0 unspecified atom stereocenters. The van der Waals surface area contributed by atoms with E-state index in [4.69, 9.17) is 9.47 Å². The van der Waals surface area contributed by atoms with Crippen molar-refractivity contribution in [1.29, 1.82) is 0 Å². The highest BCUT2D eigenvalue weighted by molar-refractivity contribution is 6.06. The summed E-state index contributed by atoms with van der Waals surface area (Å²) in [6.45, 7) is 3.44. The van der Waals surface area contributed by atoms with E-state index in [9.17, 15) is 14.4 Å². The van der Waals surface area contributed by atoms with E-state index in [0.29, 0.717) is 35.0 Å². The van der Waals surface area contributed by atoms with Crippen molar-refractivity contribution in [2.45, 2.75) is 19.8 Å². The fourth-order valence-electron chi connectivity index (χ4n) is 3.80. The van der Waals surface area contributed by atoms with Crippen molar-refractivity contribution in [3.05, 3.63) is 48.0 Å². The molecule has 162 valence electrons. The monoisotopic (exact) mass is 423 g/mol. The lowest BCUT2D eigenvalue weighted by molar-refractivity contribution is -0.123. The van der Waals surface area contributed by atoms with Gasteiger partial charge in [-0.2, -0.15) is 0 Å². The Kier molecular flexibility index (Phi) is 6.06. The number of hydrogen-bond donors (Lipinski definition) is 1. The van der Waals surface area contributed by atoms with Crippen LogP contribution < -0.4 is 19.7 Å². The second kappa shape index (κ2) is 9.07. The normalized spacial score (nSPS) is 15.3. The molecule has 31 heavy (non-hydrogen) atoms. The minimum Gasteiger partial charge on any atom is -0.492 e. The Balaban J connectivity index is 1.54. The van der Waals surface area contributed by atoms with Gasteiger partial charge in [0.05, 0.1) is 18.0 Å². The molecule has 0 saturated carbocycles. The van der Waals surface area contributed by atoms with Crippen molar-refractivity contribution in [2.24, 2.45) is 0 Å². The van der Waals surface area contributed by atoms with Crippen LogP contribution in [0.15, 0.2) is 42.5 Å². The van der Waals surface area contributed by atoms with Gasteiger partial charge in [-0.25, -0.2) is 0 Å². The molecule has 4 rings (SSSR count). The largest absolute Gasteiger partial charge is 0.492 e. The topological polar surface area (TPSA) is 88.2 Å². The van der Waals surface area contributed by atoms with Gasteiger partial charge in [-0.05, 0) is 50.1 Å². The third-order valence-electron chi connectivity index (χ3n) is 5.30. The number of hydrogen-bond acceptors (Lipinski definition) is 5. The summed E-state index contributed by atoms with van der Waals surface area (Å²) in [6, 6.07) is 12.1. The van der Waals surface area contributed by atoms with Gasteiger partial charge in [-0.1, -0.05) is 12.1 Å². The summed E-state index contributed by atoms with van der Waals surface area (Å²) in [7, 11) is 0. The molecular weight excluding hydrogens is 398 g/mol. The number of nitrogens with zero attached hydrogens (tertiary/aromatic N) is 2. The van der Waals surface area contributed by atoms with E-state index in [1.807, 2.05) is 13.0 Å². The fraction of sp³-hybridized carbons (Fsp3) is 0.348. The van der Waals surface area contributed by atoms with Gasteiger partial charge in [0.25, 0.3) is 11.8 Å². The van der Waals surface area contributed by atoms with Crippen LogP contribution >= 0.6 is 0 Å². The average molecular weight is 423 g/mol. The number of carbonyl (C=O) groups excluding carboxylic acids is 3. The van der Waals surface area contributed by atoms with E-state index in [-0.39, 0.29) is 30.9 Å². The zero-order chi connectivity index (χ0) is 21.8. The van der Waals surface area contributed by atoms with E-state index >= 15 is 0 Å². The van der Waals surface area contributed by atoms with Crippen LogP contribution in [-0.4, -0.2) is 55.5 Å². The molecule has 8 heteroatoms. The number of likely N-dealkylation sites (tertiary alicyclic amines) is 1. The molecule has 1 saturated heterocycles. The van der Waals surface area contributed by atoms with Crippen LogP contribution in [-0.2, 0) is 9.59 Å². The Morgan fingerprint density at radius 2 is 1.90 bits per heavy atom. The van der Waals surface area contributed by atoms with Crippen LogP contribution in [0.3, 0.4) is 0 Å². The lowest BCUT2D eigenvalue weighted by atomic mass is 10.1. The number of carbonyl (C=O) groups is 3. The predicted octanol–water partition coefficient (Wildman–Crippen LogP) is 2.69. The summed E-state index contributed by atoms with van der Waals surface area (Å²) < 4.78 is 11.0. The molecule has 0 aromatic heterocycles. The molecular formula is C23H25N3O5. The van der Waals surface area contributed by atoms with Gasteiger partial charge in [0.15, 0.2) is 6.61 Å². The third kappa shape index (κ3) is 4.47. The zero-order valence-corrected chi connectivity index (χ0v) is 17.4. The molecule has 0 spiro atoms. The smallest absolute Gasteiger partial charge is 0.265 e. The molecule has 1 fully saturated rings. The van der Waals surface area contributed by atoms with Crippen molar-refractivity contribution in [3.63, 3.8) is 0 Å². The maximum atomic E-state index is 12.8. The first-order chi connectivity index (χ1) is 15.1. The van der Waals surface area contributed by atoms with Crippen LogP contribution in [0.1, 0.15) is 30.1 Å². The summed E-state index contributed by atoms with van der Waals surface area (Å²) in [5.74, 6) is 0.246. The Morgan fingerprint density at radius 3 is 2.68 bits per heavy atom. The Hall–Kier alpha value is -3.55. The summed E-state index contributed by atoms with van der Waals surface area (Å²) in [4.78, 5) is 41.2. The lowest BCUT2D eigenvalue weighted by Gasteiger charge is -2.29. The molecule has 0 aliphatic carbocycles. The highest BCUT2D eigenvalue weighted by Gasteiger charge is 2.29. The second-order valence-electron chi connectivity index (χ2n) is 7.43. The first kappa shape index (κ1) is 20.7. The molecule has 2 aromatic carbocycles. The van der Waals surface area contributed by atoms with Crippen LogP contribution in [0.25, 0.3) is 0 Å². The summed E-state index contributed by atoms with van der Waals surface area (Å²) in [6.07, 6.45) is 1.99. The number of anilines is 2. The quantitative estimate of drug-likeness (QED) is 0.772. The van der Waals surface area contributed by atoms with Crippen LogP contribution in [0.2, 0.25) is 0 Å². The zero-order valence-electron chi connectivity index (χ0n) is 17.4. The first-order valence-electron chi connectivity index (χ1n) is 10.4. The molecule has 0 bridgehead atoms. The van der Waals surface area contributed by atoms with Crippen molar-refractivity contribution in [2.75, 3.05) is 43.1 Å². The van der Waals surface area contributed by atoms with E-state index < -0.39 is 0 Å². The number of fused-ring (bicyclic) bond motifs is 1. The number of nitrogens with one attached hydrogen (secondary N) is 1. The molecule has 2 aliphatic heterocycles. The first-order valence-corrected chi connectivity index (χ1v) is 10.4. The van der Waals surface area contributed by atoms with E-state index in [1.54, 1.807) is 41.3 Å². The maximum absolute atomic E-state index is 12.8. The minimum atomic E-state index is -0.371. The van der Waals surface area contributed by atoms with Crippen molar-refractivity contribution in [3.8, 4) is 11.5 Å². The highest BCUT2D eigenvalue weighted by Crippen LogP contribution is 2.34. The van der Waals surface area contributed by atoms with Gasteiger partial charge < -0.3 is 19.7 Å². The Morgan fingerprint density at radius 1 is 1.13 bits per heavy atom. The van der Waals surface area contributed by atoms with Gasteiger partial charge in [0, 0.05) is 18.7 Å². The number of rotatable bonds is 6. The van der Waals surface area contributed by atoms with Gasteiger partial charge in [0.2, 0.25) is 5.91 Å². The van der Waals surface area contributed by atoms with Crippen molar-refractivity contribution < 1.29 is 23.9 Å². The molecule has 3 amide bonds. The number of ether oxygens (including phenoxy) is 2. The maximum Gasteiger partial charge on any atom is 0.265 e. The summed E-state index contributed by atoms with van der Waals surface area (Å²) in [5.41, 5.74) is 1.44. The van der Waals surface area contributed by atoms with Gasteiger partial charge in [0.1, 0.15) is 18.0 Å². The molecule has 0 atom stereocenters. The lowest BCUT2D eigenvalue weighted by Crippen LogP contribution is -2.43. The molecule has 2 aliphatic rings. The predicted molar refractivity (Wildman–Crippen MR) is 116 cm³/mol. The SMILES string of the molecule is CCOc1ccccc1NC(=O)CN1C(=O)COc2ccc(C(=O)N3CCCC3)cc21. The molecule has 2 heterocycles. The standard InChI is InChI=1S/C23H25N3O5/c1-2-30-19-8-4-3-7-17(19)24-21(27)14-26-18-13-16(23(29)25-11-5-6-12-25)9-10-20(18)31-15-22(26)28/h3-4,7-10,13H,2,5-6,11-12,14-15H2,1H3,(H,24,27). The number of para-hydroxylation sites is 2. The third-order valence-corrected chi connectivity index (χ3v) is 5.30. The van der Waals surface area contributed by atoms with Crippen LogP contribution in [0.4, 0.5) is 11.4 Å². The number of benzene rings is 2. The number of amides is 3. The average Bonchev–Trinajstić information content (AvgIpc) is 3.31. The highest BCUT2D eigenvalue weighted by atomic mass is 16.5. The van der Waals surface area contributed by atoms with Gasteiger partial charge >= 0.3 is 0 Å². The van der Waals surface area contributed by atoms with Crippen molar-refractivity contribution >= 4 is 29.1 Å². The van der Waals surface area contributed by atoms with Crippen LogP contribution in [0.5, 0.6) is 11.5 Å². The van der Waals surface area contributed by atoms with Crippen molar-refractivity contribution in [1.82, 2.24) is 4.90 Å². The molecule has 0 radical (unpaired) electrons. The molecule has 8 nitrogen and oxygen atoms in total. The summed E-state index contributed by atoms with van der Waals surface area (Å²) in [5, 5.41) is 2.80. The molecule has 2 aromatic rings.